The predicted octanol–water partition coefficient (Wildman–Crippen LogP) is 5.00. The van der Waals surface area contributed by atoms with E-state index in [0.717, 1.165) is 6.61 Å². The van der Waals surface area contributed by atoms with Crippen molar-refractivity contribution in [2.75, 3.05) is 6.61 Å². The van der Waals surface area contributed by atoms with Crippen molar-refractivity contribution in [2.45, 2.75) is 58.5 Å². The van der Waals surface area contributed by atoms with E-state index in [2.05, 4.69) is 65.8 Å². The fourth-order valence-corrected chi connectivity index (χ4v) is 3.47. The first-order valence-corrected chi connectivity index (χ1v) is 12.9. The smallest absolute Gasteiger partial charge is 0.192 e. The molecule has 0 heterocycles. The maximum Gasteiger partial charge on any atom is 0.192 e. The molecule has 0 amide bonds. The molecule has 0 aliphatic rings. The third-order valence-corrected chi connectivity index (χ3v) is 9.00. The van der Waals surface area contributed by atoms with Crippen LogP contribution in [0.2, 0.25) is 37.8 Å². The molecule has 0 bridgehead atoms. The van der Waals surface area contributed by atoms with Crippen molar-refractivity contribution in [3.63, 3.8) is 0 Å². The lowest BCUT2D eigenvalue weighted by molar-refractivity contribution is 0.322. The Bertz CT molecular complexity index is 290. The van der Waals surface area contributed by atoms with Gasteiger partial charge in [-0.3, -0.25) is 0 Å². The molecule has 0 aromatic heterocycles. The van der Waals surface area contributed by atoms with Crippen LogP contribution < -0.4 is 0 Å². The summed E-state index contributed by atoms with van der Waals surface area (Å²) in [6.45, 7) is 23.0. The van der Waals surface area contributed by atoms with E-state index < -0.39 is 16.4 Å². The van der Waals surface area contributed by atoms with Gasteiger partial charge in [-0.05, 0) is 23.7 Å². The second kappa shape index (κ2) is 5.68. The normalized spacial score (nSPS) is 14.9. The monoisotopic (exact) mass is 270 g/mol. The van der Waals surface area contributed by atoms with Crippen LogP contribution in [-0.2, 0) is 4.43 Å². The van der Waals surface area contributed by atoms with Gasteiger partial charge in [0.05, 0.1) is 14.7 Å². The fraction of sp³-hybridized carbons (Fsp3) is 0.714. The molecule has 100 valence electrons. The first-order chi connectivity index (χ1) is 7.39. The Morgan fingerprint density at radius 2 is 1.59 bits per heavy atom. The van der Waals surface area contributed by atoms with Gasteiger partial charge in [0.1, 0.15) is 0 Å². The van der Waals surface area contributed by atoms with E-state index in [1.165, 1.54) is 5.57 Å². The summed E-state index contributed by atoms with van der Waals surface area (Å²) in [5.74, 6) is 0. The van der Waals surface area contributed by atoms with Crippen molar-refractivity contribution in [3.05, 3.63) is 23.9 Å². The van der Waals surface area contributed by atoms with Gasteiger partial charge in [0.25, 0.3) is 0 Å². The lowest BCUT2D eigenvalue weighted by Crippen LogP contribution is -2.41. The highest BCUT2D eigenvalue weighted by Gasteiger charge is 2.37. The molecule has 0 saturated heterocycles. The maximum absolute atomic E-state index is 6.21. The van der Waals surface area contributed by atoms with Crippen LogP contribution in [0.3, 0.4) is 0 Å². The van der Waals surface area contributed by atoms with Crippen molar-refractivity contribution < 1.29 is 4.43 Å². The summed E-state index contributed by atoms with van der Waals surface area (Å²) in [6, 6.07) is 0. The van der Waals surface area contributed by atoms with Crippen molar-refractivity contribution in [3.8, 4) is 0 Å². The van der Waals surface area contributed by atoms with Crippen molar-refractivity contribution in [1.82, 2.24) is 0 Å². The second-order valence-electron chi connectivity index (χ2n) is 7.34. The fourth-order valence-electron chi connectivity index (χ4n) is 1.20. The van der Waals surface area contributed by atoms with E-state index >= 15 is 0 Å². The molecule has 0 aromatic rings. The van der Waals surface area contributed by atoms with Crippen LogP contribution in [0.4, 0.5) is 0 Å². The lowest BCUT2D eigenvalue weighted by atomic mass is 10.2. The zero-order valence-electron chi connectivity index (χ0n) is 13.0. The molecule has 0 aliphatic carbocycles. The molecule has 0 atom stereocenters. The molecule has 0 saturated carbocycles. The van der Waals surface area contributed by atoms with E-state index in [1.807, 2.05) is 6.08 Å². The summed E-state index contributed by atoms with van der Waals surface area (Å²) in [5.41, 5.74) is 3.64. The molecule has 1 nitrogen and oxygen atoms in total. The maximum atomic E-state index is 6.21. The molecule has 0 fully saturated rings. The van der Waals surface area contributed by atoms with Gasteiger partial charge >= 0.3 is 0 Å². The zero-order chi connectivity index (χ0) is 13.9. The van der Waals surface area contributed by atoms with Gasteiger partial charge in [-0.15, -0.1) is 0 Å². The lowest BCUT2D eigenvalue weighted by Gasteiger charge is -2.36. The molecule has 0 unspecified atom stereocenters. The van der Waals surface area contributed by atoms with Crippen molar-refractivity contribution in [2.24, 2.45) is 0 Å². The van der Waals surface area contributed by atoms with Crippen LogP contribution in [-0.4, -0.2) is 23.0 Å². The van der Waals surface area contributed by atoms with Crippen LogP contribution in [0.5, 0.6) is 0 Å². The third-order valence-electron chi connectivity index (χ3n) is 3.29. The van der Waals surface area contributed by atoms with E-state index in [0.29, 0.717) is 0 Å². The predicted molar refractivity (Wildman–Crippen MR) is 84.8 cm³/mol. The van der Waals surface area contributed by atoms with Gasteiger partial charge in [0.15, 0.2) is 8.32 Å². The average molecular weight is 271 g/mol. The molecular weight excluding hydrogens is 240 g/mol. The van der Waals surface area contributed by atoms with Gasteiger partial charge in [0.2, 0.25) is 0 Å². The van der Waals surface area contributed by atoms with E-state index in [9.17, 15) is 0 Å². The number of hydrogen-bond acceptors (Lipinski definition) is 1. The minimum atomic E-state index is -1.63. The Kier molecular flexibility index (Phi) is 5.63. The molecule has 0 radical (unpaired) electrons. The van der Waals surface area contributed by atoms with Crippen LogP contribution >= 0.6 is 0 Å². The highest BCUT2D eigenvalue weighted by Crippen LogP contribution is 2.36. The highest BCUT2D eigenvalue weighted by atomic mass is 28.4. The number of hydrogen-bond donors (Lipinski definition) is 0. The van der Waals surface area contributed by atoms with Gasteiger partial charge in [-0.1, -0.05) is 58.8 Å². The summed E-state index contributed by atoms with van der Waals surface area (Å²) in [7, 11) is -2.81. The standard InChI is InChI=1S/C14H30OSi2/c1-10-13(12-16(5,6)7)11-15-17(8,9)14(2,3)4/h10,12H,1,11H2,2-9H3/b13-12-. The zero-order valence-corrected chi connectivity index (χ0v) is 15.0. The number of rotatable bonds is 5. The molecular formula is C14H30OSi2. The van der Waals surface area contributed by atoms with Crippen molar-refractivity contribution >= 4 is 16.4 Å². The van der Waals surface area contributed by atoms with Gasteiger partial charge in [-0.2, -0.15) is 0 Å². The first kappa shape index (κ1) is 16.9. The Hall–Kier alpha value is -0.126. The summed E-state index contributed by atoms with van der Waals surface area (Å²) in [6.07, 6.45) is 1.95. The molecule has 0 rings (SSSR count). The van der Waals surface area contributed by atoms with E-state index in [-0.39, 0.29) is 5.04 Å². The summed E-state index contributed by atoms with van der Waals surface area (Å²) >= 11 is 0. The molecule has 3 heteroatoms. The topological polar surface area (TPSA) is 9.23 Å². The van der Waals surface area contributed by atoms with Crippen LogP contribution in [0.1, 0.15) is 20.8 Å². The van der Waals surface area contributed by atoms with Crippen LogP contribution in [0, 0.1) is 0 Å². The quantitative estimate of drug-likeness (QED) is 0.505. The molecule has 0 aromatic carbocycles. The average Bonchev–Trinajstić information content (AvgIpc) is 2.08. The summed E-state index contributed by atoms with van der Waals surface area (Å²) in [4.78, 5) is 0. The van der Waals surface area contributed by atoms with Gasteiger partial charge in [-0.25, -0.2) is 0 Å². The Labute approximate surface area is 110 Å². The minimum Gasteiger partial charge on any atom is -0.413 e. The largest absolute Gasteiger partial charge is 0.413 e. The summed E-state index contributed by atoms with van der Waals surface area (Å²) in [5, 5.41) is 0.276. The molecule has 0 aliphatic heterocycles. The summed E-state index contributed by atoms with van der Waals surface area (Å²) < 4.78 is 6.21. The SMILES string of the molecule is C=C/C(=C/[Si](C)(C)C)CO[Si](C)(C)C(C)(C)C. The van der Waals surface area contributed by atoms with E-state index in [1.54, 1.807) is 0 Å². The highest BCUT2D eigenvalue weighted by molar-refractivity contribution is 6.81. The Balaban J connectivity index is 4.66. The van der Waals surface area contributed by atoms with Gasteiger partial charge in [0, 0.05) is 0 Å². The van der Waals surface area contributed by atoms with Crippen molar-refractivity contribution in [1.29, 1.82) is 0 Å². The van der Waals surface area contributed by atoms with E-state index in [4.69, 9.17) is 4.43 Å². The minimum absolute atomic E-state index is 0.276. The second-order valence-corrected chi connectivity index (χ2v) is 17.2. The van der Waals surface area contributed by atoms with Gasteiger partial charge < -0.3 is 4.43 Å². The first-order valence-electron chi connectivity index (χ1n) is 6.37. The Morgan fingerprint density at radius 1 is 1.12 bits per heavy atom. The van der Waals surface area contributed by atoms with Crippen LogP contribution in [0.25, 0.3) is 0 Å². The van der Waals surface area contributed by atoms with Crippen LogP contribution in [0.15, 0.2) is 23.9 Å². The third kappa shape index (κ3) is 6.39. The Morgan fingerprint density at radius 3 is 1.88 bits per heavy atom. The molecule has 0 spiro atoms. The molecule has 17 heavy (non-hydrogen) atoms. The molecule has 0 N–H and O–H groups in total.